The van der Waals surface area contributed by atoms with E-state index in [-0.39, 0.29) is 59.1 Å². The van der Waals surface area contributed by atoms with Gasteiger partial charge >= 0.3 is 5.97 Å². The topological polar surface area (TPSA) is 205 Å². The molecule has 2 aliphatic rings. The second kappa shape index (κ2) is 21.2. The molecule has 0 saturated carbocycles. The number of rotatable bonds is 18. The summed E-state index contributed by atoms with van der Waals surface area (Å²) in [6, 6.07) is 36.9. The third-order valence-electron chi connectivity index (χ3n) is 13.1. The molecule has 8 rings (SSSR count). The first-order valence-electron chi connectivity index (χ1n) is 22.9. The third kappa shape index (κ3) is 11.2. The third-order valence-corrected chi connectivity index (χ3v) is 13.1. The molecule has 0 radical (unpaired) electrons. The van der Waals surface area contributed by atoms with Crippen LogP contribution in [0.3, 0.4) is 0 Å². The summed E-state index contributed by atoms with van der Waals surface area (Å²) in [5, 5.41) is 50.4. The number of carbonyl (C=O) groups excluding carboxylic acids is 2. The summed E-state index contributed by atoms with van der Waals surface area (Å²) in [5.74, 6) is -1.42. The Kier molecular flexibility index (Phi) is 14.8. The van der Waals surface area contributed by atoms with Gasteiger partial charge in [0.25, 0.3) is 11.8 Å². The van der Waals surface area contributed by atoms with Crippen LogP contribution in [-0.2, 0) is 34.6 Å². The number of aromatic hydroxyl groups is 1. The van der Waals surface area contributed by atoms with Crippen molar-refractivity contribution in [1.82, 2.24) is 25.4 Å². The number of phenols is 1. The monoisotopic (exact) mass is 907 g/mol. The van der Waals surface area contributed by atoms with Crippen LogP contribution in [0.15, 0.2) is 132 Å². The lowest BCUT2D eigenvalue weighted by Gasteiger charge is -2.33. The molecule has 5 aromatic carbocycles. The lowest BCUT2D eigenvalue weighted by Crippen LogP contribution is -2.39. The summed E-state index contributed by atoms with van der Waals surface area (Å²) < 4.78 is 5.90. The van der Waals surface area contributed by atoms with Gasteiger partial charge in [0.1, 0.15) is 11.5 Å². The summed E-state index contributed by atoms with van der Waals surface area (Å²) in [6.07, 6.45) is 2.92. The Morgan fingerprint density at radius 1 is 0.836 bits per heavy atom. The maximum Gasteiger partial charge on any atom is 0.345 e. The van der Waals surface area contributed by atoms with Crippen molar-refractivity contribution < 1.29 is 39.5 Å². The standard InChI is InChI=1S/C53H57N5O9/c59-46-19-17-43(44-18-20-48(61)56-50(44)46)47(60)31-54-25-21-35-13-15-38(16-14-35)51(63)55-41-24-28-58(33-41)49(62)34-67-42-11-6-10-40(30-42)53(66,52(64)65)45-12-5-4-9-39(45)29-36-22-26-57(27-23-36)32-37-7-2-1-3-8-37/h1-20,30,36,41,47,54,59-60,66H,21-29,31-34H2,(H,55,63)(H,56,61)(H,64,65)/t41-,47-,53-/m0/s1. The molecule has 3 heterocycles. The van der Waals surface area contributed by atoms with Crippen molar-refractivity contribution in [3.8, 4) is 11.5 Å². The van der Waals surface area contributed by atoms with Crippen molar-refractivity contribution in [3.63, 3.8) is 0 Å². The van der Waals surface area contributed by atoms with Crippen LogP contribution in [0, 0.1) is 5.92 Å². The zero-order valence-electron chi connectivity index (χ0n) is 37.3. The van der Waals surface area contributed by atoms with Crippen molar-refractivity contribution in [3.05, 3.63) is 177 Å². The number of phenolic OH excluding ortho intramolecular Hbond substituents is 1. The molecule has 2 fully saturated rings. The van der Waals surface area contributed by atoms with Gasteiger partial charge < -0.3 is 45.7 Å². The first kappa shape index (κ1) is 46.7. The predicted molar refractivity (Wildman–Crippen MR) is 254 cm³/mol. The number of nitrogens with one attached hydrogen (secondary N) is 3. The molecular formula is C53H57N5O9. The maximum atomic E-state index is 13.3. The second-order valence-corrected chi connectivity index (χ2v) is 17.6. The Morgan fingerprint density at radius 3 is 2.37 bits per heavy atom. The molecule has 14 heteroatoms. The number of pyridine rings is 1. The van der Waals surface area contributed by atoms with Gasteiger partial charge in [0.2, 0.25) is 11.2 Å². The predicted octanol–water partition coefficient (Wildman–Crippen LogP) is 5.28. The molecule has 0 spiro atoms. The highest BCUT2D eigenvalue weighted by Gasteiger charge is 2.42. The Hall–Kier alpha value is -6.84. The van der Waals surface area contributed by atoms with E-state index in [1.165, 1.54) is 23.8 Å². The highest BCUT2D eigenvalue weighted by Crippen LogP contribution is 2.36. The van der Waals surface area contributed by atoms with Crippen molar-refractivity contribution >= 4 is 28.7 Å². The smallest absolute Gasteiger partial charge is 0.345 e. The number of likely N-dealkylation sites (tertiary alicyclic amines) is 2. The number of aromatic amines is 1. The number of hydrogen-bond acceptors (Lipinski definition) is 10. The van der Waals surface area contributed by atoms with Gasteiger partial charge in [-0.3, -0.25) is 19.3 Å². The average molecular weight is 908 g/mol. The van der Waals surface area contributed by atoms with Gasteiger partial charge in [0.05, 0.1) is 11.6 Å². The normalized spacial score (nSPS) is 16.9. The van der Waals surface area contributed by atoms with Crippen LogP contribution in [0.4, 0.5) is 0 Å². The van der Waals surface area contributed by atoms with E-state index in [2.05, 4.69) is 44.8 Å². The van der Waals surface area contributed by atoms with Crippen LogP contribution < -0.4 is 20.9 Å². The van der Waals surface area contributed by atoms with Gasteiger partial charge in [-0.25, -0.2) is 4.79 Å². The van der Waals surface area contributed by atoms with E-state index in [1.807, 2.05) is 30.3 Å². The van der Waals surface area contributed by atoms with Crippen LogP contribution in [-0.4, -0.2) is 105 Å². The molecular weight excluding hydrogens is 851 g/mol. The number of carboxylic acids is 1. The summed E-state index contributed by atoms with van der Waals surface area (Å²) in [7, 11) is 0. The molecule has 0 aliphatic carbocycles. The number of benzene rings is 5. The number of amides is 2. The summed E-state index contributed by atoms with van der Waals surface area (Å²) in [4.78, 5) is 57.9. The summed E-state index contributed by atoms with van der Waals surface area (Å²) in [6.45, 7) is 4.03. The first-order valence-corrected chi connectivity index (χ1v) is 22.9. The number of nitrogens with zero attached hydrogens (tertiary/aromatic N) is 2. The fourth-order valence-corrected chi connectivity index (χ4v) is 9.32. The number of ether oxygens (including phenoxy) is 1. The number of aliphatic hydroxyl groups is 2. The number of piperidine rings is 1. The largest absolute Gasteiger partial charge is 0.506 e. The van der Waals surface area contributed by atoms with E-state index in [9.17, 15) is 39.6 Å². The van der Waals surface area contributed by atoms with E-state index >= 15 is 0 Å². The Bertz CT molecular complexity index is 2740. The fraction of sp³-hybridized carbons (Fsp3) is 0.321. The van der Waals surface area contributed by atoms with Crippen LogP contribution >= 0.6 is 0 Å². The van der Waals surface area contributed by atoms with E-state index in [1.54, 1.807) is 59.5 Å². The van der Waals surface area contributed by atoms with E-state index in [0.29, 0.717) is 66.9 Å². The fourth-order valence-electron chi connectivity index (χ4n) is 9.32. The highest BCUT2D eigenvalue weighted by atomic mass is 16.5. The molecule has 1 aromatic heterocycles. The van der Waals surface area contributed by atoms with Crippen molar-refractivity contribution in [2.24, 2.45) is 5.92 Å². The van der Waals surface area contributed by atoms with Gasteiger partial charge in [-0.05, 0) is 116 Å². The number of carbonyl (C=O) groups is 3. The van der Waals surface area contributed by atoms with Gasteiger partial charge in [0, 0.05) is 60.4 Å². The lowest BCUT2D eigenvalue weighted by atomic mass is 9.80. The molecule has 0 bridgehead atoms. The number of H-pyrrole nitrogens is 1. The summed E-state index contributed by atoms with van der Waals surface area (Å²) in [5.41, 5.74) is 2.15. The van der Waals surface area contributed by atoms with Crippen LogP contribution in [0.1, 0.15) is 69.1 Å². The second-order valence-electron chi connectivity index (χ2n) is 17.6. The molecule has 14 nitrogen and oxygen atoms in total. The zero-order chi connectivity index (χ0) is 46.9. The molecule has 348 valence electrons. The van der Waals surface area contributed by atoms with Crippen molar-refractivity contribution in [2.45, 2.75) is 56.4 Å². The van der Waals surface area contributed by atoms with Crippen LogP contribution in [0.25, 0.3) is 10.9 Å². The molecule has 3 atom stereocenters. The number of aromatic nitrogens is 1. The minimum atomic E-state index is -2.35. The molecule has 2 saturated heterocycles. The number of fused-ring (bicyclic) bond motifs is 1. The molecule has 7 N–H and O–H groups in total. The first-order chi connectivity index (χ1) is 32.4. The quantitative estimate of drug-likeness (QED) is 0.0553. The Labute approximate surface area is 388 Å². The highest BCUT2D eigenvalue weighted by molar-refractivity contribution is 5.94. The molecule has 0 unspecified atom stereocenters. The van der Waals surface area contributed by atoms with Crippen LogP contribution in [0.5, 0.6) is 11.5 Å². The number of hydrogen-bond donors (Lipinski definition) is 7. The molecule has 6 aromatic rings. The van der Waals surface area contributed by atoms with E-state index in [0.717, 1.165) is 43.6 Å². The van der Waals surface area contributed by atoms with Gasteiger partial charge in [0.15, 0.2) is 6.61 Å². The van der Waals surface area contributed by atoms with Gasteiger partial charge in [-0.2, -0.15) is 0 Å². The van der Waals surface area contributed by atoms with Gasteiger partial charge in [-0.1, -0.05) is 84.9 Å². The van der Waals surface area contributed by atoms with Gasteiger partial charge in [-0.15, -0.1) is 0 Å². The minimum absolute atomic E-state index is 0.0678. The summed E-state index contributed by atoms with van der Waals surface area (Å²) >= 11 is 0. The van der Waals surface area contributed by atoms with Crippen LogP contribution in [0.2, 0.25) is 0 Å². The van der Waals surface area contributed by atoms with Crippen molar-refractivity contribution in [2.75, 3.05) is 45.9 Å². The Balaban J connectivity index is 0.792. The van der Waals surface area contributed by atoms with Crippen molar-refractivity contribution in [1.29, 1.82) is 0 Å². The lowest BCUT2D eigenvalue weighted by molar-refractivity contribution is -0.155. The molecule has 67 heavy (non-hydrogen) atoms. The molecule has 2 aliphatic heterocycles. The van der Waals surface area contributed by atoms with E-state index in [4.69, 9.17) is 4.74 Å². The van der Waals surface area contributed by atoms with E-state index < -0.39 is 17.7 Å². The number of aliphatic carboxylic acids is 1. The molecule has 2 amide bonds. The number of aliphatic hydroxyl groups excluding tert-OH is 1. The minimum Gasteiger partial charge on any atom is -0.506 e. The maximum absolute atomic E-state index is 13.3. The Morgan fingerprint density at radius 2 is 1.60 bits per heavy atom. The zero-order valence-corrected chi connectivity index (χ0v) is 37.3. The number of carboxylic acid groups (broad SMARTS) is 1. The SMILES string of the molecule is O=C(N[C@H]1CCN(C(=O)COc2cccc([C@@](O)(C(=O)O)c3ccccc3CC3CCN(Cc4ccccc4)CC3)c2)C1)c1ccc(CCNC[C@H](O)c2ccc(O)c3[nH]c(=O)ccc23)cc1. The average Bonchev–Trinajstić information content (AvgIpc) is 3.82.